The number of aromatic hydroxyl groups is 1. The summed E-state index contributed by atoms with van der Waals surface area (Å²) in [6.07, 6.45) is 3.19. The topological polar surface area (TPSA) is 56.3 Å². The van der Waals surface area contributed by atoms with Crippen molar-refractivity contribution in [3.8, 4) is 11.5 Å². The van der Waals surface area contributed by atoms with Crippen LogP contribution >= 0.6 is 0 Å². The number of nitrogens with zero attached hydrogens (tertiary/aromatic N) is 3. The van der Waals surface area contributed by atoms with E-state index in [0.717, 1.165) is 82.9 Å². The van der Waals surface area contributed by atoms with Crippen LogP contribution in [0.1, 0.15) is 30.4 Å². The molecule has 176 valence electrons. The van der Waals surface area contributed by atoms with Gasteiger partial charge in [0.15, 0.2) is 0 Å². The van der Waals surface area contributed by atoms with Crippen molar-refractivity contribution >= 4 is 5.91 Å². The molecule has 0 aromatic heterocycles. The van der Waals surface area contributed by atoms with Gasteiger partial charge in [0.05, 0.1) is 7.11 Å². The number of carbonyl (C=O) groups is 1. The van der Waals surface area contributed by atoms with Crippen molar-refractivity contribution in [1.29, 1.82) is 0 Å². The predicted octanol–water partition coefficient (Wildman–Crippen LogP) is 3.35. The van der Waals surface area contributed by atoms with Crippen molar-refractivity contribution in [1.82, 2.24) is 14.7 Å². The molecule has 5 rings (SSSR count). The van der Waals surface area contributed by atoms with E-state index < -0.39 is 0 Å². The number of piperazine rings is 1. The minimum atomic E-state index is 0.213. The molecule has 0 bridgehead atoms. The molecule has 1 aliphatic carbocycles. The van der Waals surface area contributed by atoms with E-state index in [1.165, 1.54) is 5.56 Å². The molecule has 1 spiro atoms. The van der Waals surface area contributed by atoms with E-state index in [4.69, 9.17) is 4.74 Å². The molecule has 0 radical (unpaired) electrons. The summed E-state index contributed by atoms with van der Waals surface area (Å²) in [4.78, 5) is 20.2. The van der Waals surface area contributed by atoms with Crippen LogP contribution in [0.4, 0.5) is 0 Å². The van der Waals surface area contributed by atoms with E-state index in [0.29, 0.717) is 11.7 Å². The van der Waals surface area contributed by atoms with Gasteiger partial charge in [0.2, 0.25) is 5.91 Å². The number of amides is 1. The number of hydrogen-bond donors (Lipinski definition) is 1. The van der Waals surface area contributed by atoms with E-state index >= 15 is 0 Å². The van der Waals surface area contributed by atoms with Gasteiger partial charge in [-0.1, -0.05) is 30.3 Å². The Morgan fingerprint density at radius 3 is 2.36 bits per heavy atom. The summed E-state index contributed by atoms with van der Waals surface area (Å²) in [6, 6.07) is 16.0. The first kappa shape index (κ1) is 22.2. The first-order chi connectivity index (χ1) is 16.1. The maximum atomic E-state index is 13.2. The SMILES string of the molecule is COc1ccc(O)c(CN2CCC3(CC2)C[C@H]3C(=O)N2CCN(Cc3ccccc3)CC2)c1. The van der Waals surface area contributed by atoms with Gasteiger partial charge < -0.3 is 14.7 Å². The zero-order chi connectivity index (χ0) is 22.8. The number of phenolic OH excluding ortho intramolecular Hbond substituents is 1. The highest BCUT2D eigenvalue weighted by atomic mass is 16.5. The zero-order valence-corrected chi connectivity index (χ0v) is 19.6. The summed E-state index contributed by atoms with van der Waals surface area (Å²) in [7, 11) is 1.65. The summed E-state index contributed by atoms with van der Waals surface area (Å²) >= 11 is 0. The molecule has 2 saturated heterocycles. The summed E-state index contributed by atoms with van der Waals surface area (Å²) in [5, 5.41) is 10.2. The van der Waals surface area contributed by atoms with E-state index in [1.54, 1.807) is 19.2 Å². The number of methoxy groups -OCH3 is 1. The van der Waals surface area contributed by atoms with Crippen LogP contribution < -0.4 is 4.74 Å². The van der Waals surface area contributed by atoms with Crippen LogP contribution in [0.15, 0.2) is 48.5 Å². The van der Waals surface area contributed by atoms with Crippen LogP contribution in [0.25, 0.3) is 0 Å². The highest BCUT2D eigenvalue weighted by Gasteiger charge is 2.59. The van der Waals surface area contributed by atoms with Gasteiger partial charge in [-0.15, -0.1) is 0 Å². The number of carbonyl (C=O) groups excluding carboxylic acids is 1. The molecular weight excluding hydrogens is 414 g/mol. The second kappa shape index (κ2) is 9.35. The van der Waals surface area contributed by atoms with Crippen molar-refractivity contribution in [2.24, 2.45) is 11.3 Å². The molecule has 6 nitrogen and oxygen atoms in total. The van der Waals surface area contributed by atoms with Crippen molar-refractivity contribution < 1.29 is 14.6 Å². The summed E-state index contributed by atoms with van der Waals surface area (Å²) in [5.74, 6) is 1.69. The lowest BCUT2D eigenvalue weighted by atomic mass is 9.90. The predicted molar refractivity (Wildman–Crippen MR) is 128 cm³/mol. The molecule has 1 amide bonds. The van der Waals surface area contributed by atoms with E-state index in [1.807, 2.05) is 6.07 Å². The van der Waals surface area contributed by atoms with E-state index in [2.05, 4.69) is 45.0 Å². The minimum absolute atomic E-state index is 0.213. The van der Waals surface area contributed by atoms with E-state index in [-0.39, 0.29) is 11.3 Å². The third-order valence-electron chi connectivity index (χ3n) is 7.95. The Labute approximate surface area is 196 Å². The lowest BCUT2D eigenvalue weighted by Gasteiger charge is -2.36. The molecule has 1 saturated carbocycles. The average Bonchev–Trinajstić information content (AvgIpc) is 3.56. The number of rotatable bonds is 6. The molecule has 2 aromatic rings. The molecule has 2 aromatic carbocycles. The number of hydrogen-bond acceptors (Lipinski definition) is 5. The van der Waals surface area contributed by atoms with E-state index in [9.17, 15) is 9.90 Å². The van der Waals surface area contributed by atoms with Gasteiger partial charge >= 0.3 is 0 Å². The van der Waals surface area contributed by atoms with Crippen LogP contribution in [0.5, 0.6) is 11.5 Å². The number of likely N-dealkylation sites (tertiary alicyclic amines) is 1. The maximum absolute atomic E-state index is 13.2. The van der Waals surface area contributed by atoms with Crippen LogP contribution in [-0.4, -0.2) is 72.1 Å². The Morgan fingerprint density at radius 2 is 1.67 bits per heavy atom. The lowest BCUT2D eigenvalue weighted by molar-refractivity contribution is -0.135. The highest BCUT2D eigenvalue weighted by molar-refractivity contribution is 5.83. The Hall–Kier alpha value is -2.57. The molecule has 2 aliphatic heterocycles. The number of benzene rings is 2. The molecule has 2 heterocycles. The van der Waals surface area contributed by atoms with Crippen LogP contribution in [-0.2, 0) is 17.9 Å². The molecule has 3 fully saturated rings. The molecule has 1 atom stereocenters. The smallest absolute Gasteiger partial charge is 0.226 e. The van der Waals surface area contributed by atoms with Crippen LogP contribution in [0, 0.1) is 11.3 Å². The quantitative estimate of drug-likeness (QED) is 0.733. The Bertz CT molecular complexity index is 964. The molecule has 6 heteroatoms. The van der Waals surface area contributed by atoms with Crippen molar-refractivity contribution in [3.05, 3.63) is 59.7 Å². The summed E-state index contributed by atoms with van der Waals surface area (Å²) in [6.45, 7) is 7.25. The highest BCUT2D eigenvalue weighted by Crippen LogP contribution is 2.60. The third-order valence-corrected chi connectivity index (χ3v) is 7.95. The summed E-state index contributed by atoms with van der Waals surface area (Å²) in [5.41, 5.74) is 2.46. The molecule has 0 unspecified atom stereocenters. The van der Waals surface area contributed by atoms with Gasteiger partial charge in [-0.3, -0.25) is 14.6 Å². The van der Waals surface area contributed by atoms with Crippen molar-refractivity contribution in [3.63, 3.8) is 0 Å². The first-order valence-corrected chi connectivity index (χ1v) is 12.2. The fraction of sp³-hybridized carbons (Fsp3) is 0.519. The lowest BCUT2D eigenvalue weighted by Crippen LogP contribution is -2.49. The van der Waals surface area contributed by atoms with Gasteiger partial charge in [0, 0.05) is 50.7 Å². The van der Waals surface area contributed by atoms with Crippen LogP contribution in [0.2, 0.25) is 0 Å². The monoisotopic (exact) mass is 449 g/mol. The van der Waals surface area contributed by atoms with Gasteiger partial charge in [0.25, 0.3) is 0 Å². The van der Waals surface area contributed by atoms with Gasteiger partial charge in [-0.2, -0.15) is 0 Å². The third kappa shape index (κ3) is 4.87. The fourth-order valence-electron chi connectivity index (χ4n) is 5.65. The standard InChI is InChI=1S/C27H35N3O3/c1-33-23-7-8-25(31)22(17-23)20-28-11-9-27(10-12-28)18-24(27)26(32)30-15-13-29(14-16-30)19-21-5-3-2-4-6-21/h2-8,17,24,31H,9-16,18-20H2,1H3/t24-/m0/s1. The second-order valence-corrected chi connectivity index (χ2v) is 9.98. The Morgan fingerprint density at radius 1 is 0.970 bits per heavy atom. The number of piperidine rings is 1. The average molecular weight is 450 g/mol. The molecular formula is C27H35N3O3. The number of ether oxygens (including phenoxy) is 1. The zero-order valence-electron chi connectivity index (χ0n) is 19.6. The minimum Gasteiger partial charge on any atom is -0.508 e. The Balaban J connectivity index is 1.09. The van der Waals surface area contributed by atoms with Crippen LogP contribution in [0.3, 0.4) is 0 Å². The second-order valence-electron chi connectivity index (χ2n) is 9.98. The largest absolute Gasteiger partial charge is 0.508 e. The van der Waals surface area contributed by atoms with Crippen molar-refractivity contribution in [2.45, 2.75) is 32.4 Å². The normalized spacial score (nSPS) is 22.9. The molecule has 33 heavy (non-hydrogen) atoms. The molecule has 1 N–H and O–H groups in total. The molecule has 3 aliphatic rings. The van der Waals surface area contributed by atoms with Gasteiger partial charge in [-0.05, 0) is 61.5 Å². The number of phenols is 1. The van der Waals surface area contributed by atoms with Gasteiger partial charge in [-0.25, -0.2) is 0 Å². The maximum Gasteiger partial charge on any atom is 0.226 e. The Kier molecular flexibility index (Phi) is 6.30. The fourth-order valence-corrected chi connectivity index (χ4v) is 5.65. The summed E-state index contributed by atoms with van der Waals surface area (Å²) < 4.78 is 5.30. The van der Waals surface area contributed by atoms with Crippen molar-refractivity contribution in [2.75, 3.05) is 46.4 Å². The van der Waals surface area contributed by atoms with Gasteiger partial charge in [0.1, 0.15) is 11.5 Å². The first-order valence-electron chi connectivity index (χ1n) is 12.2.